The van der Waals surface area contributed by atoms with Crippen molar-refractivity contribution in [3.63, 3.8) is 0 Å². The SMILES string of the molecule is O=C(NOCc1ccccc1)C1CCCNC1. The third kappa shape index (κ3) is 3.84. The van der Waals surface area contributed by atoms with Crippen LogP contribution in [0.1, 0.15) is 18.4 Å². The maximum Gasteiger partial charge on any atom is 0.247 e. The average molecular weight is 234 g/mol. The van der Waals surface area contributed by atoms with Gasteiger partial charge in [0, 0.05) is 6.54 Å². The minimum absolute atomic E-state index is 0.0202. The molecule has 2 N–H and O–H groups in total. The highest BCUT2D eigenvalue weighted by atomic mass is 16.6. The Bertz CT molecular complexity index is 348. The van der Waals surface area contributed by atoms with Gasteiger partial charge in [0.2, 0.25) is 5.91 Å². The predicted molar refractivity (Wildman–Crippen MR) is 65.0 cm³/mol. The van der Waals surface area contributed by atoms with Crippen LogP contribution in [0.15, 0.2) is 30.3 Å². The fraction of sp³-hybridized carbons (Fsp3) is 0.462. The van der Waals surface area contributed by atoms with E-state index in [2.05, 4.69) is 10.8 Å². The molecular formula is C13H18N2O2. The second kappa shape index (κ2) is 6.37. The second-order valence-electron chi connectivity index (χ2n) is 4.28. The van der Waals surface area contributed by atoms with Crippen molar-refractivity contribution in [3.05, 3.63) is 35.9 Å². The van der Waals surface area contributed by atoms with Gasteiger partial charge < -0.3 is 5.32 Å². The van der Waals surface area contributed by atoms with Crippen LogP contribution in [0.5, 0.6) is 0 Å². The molecule has 0 spiro atoms. The Balaban J connectivity index is 1.69. The van der Waals surface area contributed by atoms with Gasteiger partial charge in [0.05, 0.1) is 12.5 Å². The van der Waals surface area contributed by atoms with Gasteiger partial charge >= 0.3 is 0 Å². The fourth-order valence-electron chi connectivity index (χ4n) is 1.92. The Morgan fingerprint density at radius 1 is 1.41 bits per heavy atom. The molecule has 1 aliphatic heterocycles. The first-order chi connectivity index (χ1) is 8.36. The Morgan fingerprint density at radius 3 is 2.94 bits per heavy atom. The number of hydroxylamine groups is 1. The predicted octanol–water partition coefficient (Wildman–Crippen LogP) is 1.23. The van der Waals surface area contributed by atoms with Gasteiger partial charge in [-0.05, 0) is 24.9 Å². The summed E-state index contributed by atoms with van der Waals surface area (Å²) < 4.78 is 0. The van der Waals surface area contributed by atoms with Gasteiger partial charge in [-0.25, -0.2) is 5.48 Å². The third-order valence-electron chi connectivity index (χ3n) is 2.92. The molecule has 0 bridgehead atoms. The summed E-state index contributed by atoms with van der Waals surface area (Å²) in [5, 5.41) is 3.21. The molecule has 0 aliphatic carbocycles. The van der Waals surface area contributed by atoms with Crippen molar-refractivity contribution in [2.24, 2.45) is 5.92 Å². The summed E-state index contributed by atoms with van der Waals surface area (Å²) in [6, 6.07) is 9.79. The lowest BCUT2D eigenvalue weighted by Gasteiger charge is -2.21. The van der Waals surface area contributed by atoms with Crippen LogP contribution in [0, 0.1) is 5.92 Å². The first-order valence-electron chi connectivity index (χ1n) is 6.02. The normalized spacial score (nSPS) is 19.9. The molecule has 1 saturated heterocycles. The van der Waals surface area contributed by atoms with Gasteiger partial charge in [0.25, 0.3) is 0 Å². The lowest BCUT2D eigenvalue weighted by Crippen LogP contribution is -2.40. The average Bonchev–Trinajstić information content (AvgIpc) is 2.41. The molecule has 4 heteroatoms. The first kappa shape index (κ1) is 12.1. The van der Waals surface area contributed by atoms with E-state index in [1.807, 2.05) is 30.3 Å². The highest BCUT2D eigenvalue weighted by Gasteiger charge is 2.20. The van der Waals surface area contributed by atoms with E-state index in [0.29, 0.717) is 6.61 Å². The summed E-state index contributed by atoms with van der Waals surface area (Å²) in [5.41, 5.74) is 3.57. The van der Waals surface area contributed by atoms with Gasteiger partial charge in [-0.3, -0.25) is 9.63 Å². The molecule has 1 atom stereocenters. The Morgan fingerprint density at radius 2 is 2.24 bits per heavy atom. The molecule has 1 aliphatic rings. The zero-order valence-electron chi connectivity index (χ0n) is 9.82. The van der Waals surface area contributed by atoms with Crippen molar-refractivity contribution in [2.75, 3.05) is 13.1 Å². The Hall–Kier alpha value is -1.39. The molecule has 17 heavy (non-hydrogen) atoms. The summed E-state index contributed by atoms with van der Waals surface area (Å²) >= 11 is 0. The summed E-state index contributed by atoms with van der Waals surface area (Å²) in [5.74, 6) is 0.0210. The van der Waals surface area contributed by atoms with E-state index in [1.165, 1.54) is 0 Å². The van der Waals surface area contributed by atoms with E-state index in [9.17, 15) is 4.79 Å². The number of piperidine rings is 1. The molecule has 4 nitrogen and oxygen atoms in total. The maximum absolute atomic E-state index is 11.7. The number of benzene rings is 1. The molecule has 0 saturated carbocycles. The van der Waals surface area contributed by atoms with E-state index < -0.39 is 0 Å². The number of rotatable bonds is 4. The van der Waals surface area contributed by atoms with Crippen LogP contribution in [0.25, 0.3) is 0 Å². The van der Waals surface area contributed by atoms with Gasteiger partial charge in [-0.15, -0.1) is 0 Å². The van der Waals surface area contributed by atoms with E-state index in [0.717, 1.165) is 31.5 Å². The van der Waals surface area contributed by atoms with E-state index in [-0.39, 0.29) is 11.8 Å². The Kier molecular flexibility index (Phi) is 4.53. The highest BCUT2D eigenvalue weighted by molar-refractivity contribution is 5.77. The zero-order chi connectivity index (χ0) is 11.9. The lowest BCUT2D eigenvalue weighted by molar-refractivity contribution is -0.139. The minimum atomic E-state index is -0.0202. The van der Waals surface area contributed by atoms with E-state index >= 15 is 0 Å². The summed E-state index contributed by atoms with van der Waals surface area (Å²) in [4.78, 5) is 16.9. The van der Waals surface area contributed by atoms with Crippen molar-refractivity contribution in [2.45, 2.75) is 19.4 Å². The molecule has 1 heterocycles. The van der Waals surface area contributed by atoms with Gasteiger partial charge in [-0.1, -0.05) is 30.3 Å². The Labute approximate surface area is 101 Å². The van der Waals surface area contributed by atoms with Gasteiger partial charge in [-0.2, -0.15) is 0 Å². The monoisotopic (exact) mass is 234 g/mol. The number of nitrogens with one attached hydrogen (secondary N) is 2. The number of hydrogen-bond acceptors (Lipinski definition) is 3. The molecule has 0 aromatic heterocycles. The molecule has 92 valence electrons. The number of amides is 1. The zero-order valence-corrected chi connectivity index (χ0v) is 9.82. The van der Waals surface area contributed by atoms with Crippen LogP contribution in [0.2, 0.25) is 0 Å². The highest BCUT2D eigenvalue weighted by Crippen LogP contribution is 2.09. The first-order valence-corrected chi connectivity index (χ1v) is 6.02. The van der Waals surface area contributed by atoms with E-state index in [1.54, 1.807) is 0 Å². The van der Waals surface area contributed by atoms with Crippen molar-refractivity contribution < 1.29 is 9.63 Å². The van der Waals surface area contributed by atoms with Crippen LogP contribution >= 0.6 is 0 Å². The van der Waals surface area contributed by atoms with Crippen LogP contribution in [0.4, 0.5) is 0 Å². The third-order valence-corrected chi connectivity index (χ3v) is 2.92. The van der Waals surface area contributed by atoms with Crippen molar-refractivity contribution in [1.82, 2.24) is 10.8 Å². The van der Waals surface area contributed by atoms with Crippen LogP contribution in [0.3, 0.4) is 0 Å². The second-order valence-corrected chi connectivity index (χ2v) is 4.28. The number of carbonyl (C=O) groups is 1. The molecule has 1 aromatic rings. The van der Waals surface area contributed by atoms with Crippen LogP contribution in [-0.2, 0) is 16.2 Å². The van der Waals surface area contributed by atoms with Crippen molar-refractivity contribution >= 4 is 5.91 Å². The minimum Gasteiger partial charge on any atom is -0.316 e. The van der Waals surface area contributed by atoms with Gasteiger partial charge in [0.15, 0.2) is 0 Å². The van der Waals surface area contributed by atoms with E-state index in [4.69, 9.17) is 4.84 Å². The quantitative estimate of drug-likeness (QED) is 0.770. The van der Waals surface area contributed by atoms with Crippen molar-refractivity contribution in [3.8, 4) is 0 Å². The summed E-state index contributed by atoms with van der Waals surface area (Å²) in [7, 11) is 0. The summed E-state index contributed by atoms with van der Waals surface area (Å²) in [6.45, 7) is 2.17. The standard InChI is InChI=1S/C13H18N2O2/c16-13(12-7-4-8-14-9-12)15-17-10-11-5-2-1-3-6-11/h1-3,5-6,12,14H,4,7-10H2,(H,15,16). The molecule has 1 amide bonds. The van der Waals surface area contributed by atoms with Gasteiger partial charge in [0.1, 0.15) is 0 Å². The largest absolute Gasteiger partial charge is 0.316 e. The smallest absolute Gasteiger partial charge is 0.247 e. The lowest BCUT2D eigenvalue weighted by atomic mass is 9.99. The molecular weight excluding hydrogens is 216 g/mol. The summed E-state index contributed by atoms with van der Waals surface area (Å²) in [6.07, 6.45) is 1.99. The number of carbonyl (C=O) groups excluding carboxylic acids is 1. The van der Waals surface area contributed by atoms with Crippen LogP contribution in [-0.4, -0.2) is 19.0 Å². The molecule has 1 fully saturated rings. The molecule has 2 rings (SSSR count). The molecule has 0 radical (unpaired) electrons. The number of hydrogen-bond donors (Lipinski definition) is 2. The van der Waals surface area contributed by atoms with Crippen molar-refractivity contribution in [1.29, 1.82) is 0 Å². The maximum atomic E-state index is 11.7. The topological polar surface area (TPSA) is 50.4 Å². The molecule has 1 unspecified atom stereocenters. The van der Waals surface area contributed by atoms with Crippen LogP contribution < -0.4 is 10.8 Å². The fourth-order valence-corrected chi connectivity index (χ4v) is 1.92. The molecule has 1 aromatic carbocycles.